The normalized spacial score (nSPS) is 31.7. The van der Waals surface area contributed by atoms with Crippen LogP contribution in [0.2, 0.25) is 0 Å². The number of H-pyrrole nitrogens is 1. The van der Waals surface area contributed by atoms with Gasteiger partial charge in [-0.05, 0) is 26.7 Å². The Morgan fingerprint density at radius 2 is 2.29 bits per heavy atom. The van der Waals surface area contributed by atoms with Crippen LogP contribution in [0.1, 0.15) is 26.7 Å². The van der Waals surface area contributed by atoms with E-state index in [2.05, 4.69) is 25.1 Å². The highest BCUT2D eigenvalue weighted by molar-refractivity contribution is 5.93. The molecule has 0 spiro atoms. The number of nitrogens with zero attached hydrogens (tertiary/aromatic N) is 4. The molecule has 2 aliphatic heterocycles. The lowest BCUT2D eigenvalue weighted by molar-refractivity contribution is 0.0242. The van der Waals surface area contributed by atoms with Gasteiger partial charge in [0.25, 0.3) is 0 Å². The standard InChI is InChI=1S/C13H18N6O2/c1-6-7-3-4-13(2,20)5-19(7)10-8-9(15-12(14)16-10)17-18-11(8)21-6/h6-7,20H,3-5H2,1-2H3,(H3,14,15,16,17,18)/t6-,7+,13-/m0/s1. The zero-order valence-corrected chi connectivity index (χ0v) is 12.0. The molecule has 0 aromatic carbocycles. The molecule has 0 saturated carbocycles. The molecule has 0 unspecified atom stereocenters. The zero-order valence-electron chi connectivity index (χ0n) is 12.0. The van der Waals surface area contributed by atoms with Gasteiger partial charge in [-0.2, -0.15) is 9.97 Å². The number of anilines is 2. The summed E-state index contributed by atoms with van der Waals surface area (Å²) < 4.78 is 5.96. The van der Waals surface area contributed by atoms with Gasteiger partial charge in [0.15, 0.2) is 5.65 Å². The fraction of sp³-hybridized carbons (Fsp3) is 0.615. The number of nitrogens with two attached hydrogens (primary N) is 1. The van der Waals surface area contributed by atoms with Crippen LogP contribution in [0.3, 0.4) is 0 Å². The smallest absolute Gasteiger partial charge is 0.246 e. The van der Waals surface area contributed by atoms with Crippen molar-refractivity contribution >= 4 is 22.8 Å². The molecule has 2 aromatic heterocycles. The lowest BCUT2D eigenvalue weighted by Crippen LogP contribution is -2.55. The highest BCUT2D eigenvalue weighted by Gasteiger charge is 2.42. The van der Waals surface area contributed by atoms with Crippen LogP contribution in [0, 0.1) is 0 Å². The molecule has 112 valence electrons. The van der Waals surface area contributed by atoms with Crippen LogP contribution in [0.25, 0.3) is 11.0 Å². The number of piperidine rings is 1. The number of hydrogen-bond donors (Lipinski definition) is 3. The maximum absolute atomic E-state index is 10.4. The van der Waals surface area contributed by atoms with E-state index in [1.807, 2.05) is 13.8 Å². The van der Waals surface area contributed by atoms with Crippen molar-refractivity contribution in [3.05, 3.63) is 0 Å². The van der Waals surface area contributed by atoms with Crippen LogP contribution in [-0.4, -0.2) is 49.6 Å². The molecule has 0 bridgehead atoms. The second kappa shape index (κ2) is 3.97. The van der Waals surface area contributed by atoms with Gasteiger partial charge in [-0.25, -0.2) is 0 Å². The molecule has 4 N–H and O–H groups in total. The maximum Gasteiger partial charge on any atom is 0.246 e. The Bertz CT molecular complexity index is 712. The number of aliphatic hydroxyl groups is 1. The van der Waals surface area contributed by atoms with E-state index in [9.17, 15) is 5.11 Å². The van der Waals surface area contributed by atoms with E-state index in [1.54, 1.807) is 0 Å². The Morgan fingerprint density at radius 1 is 1.48 bits per heavy atom. The first-order valence-corrected chi connectivity index (χ1v) is 7.12. The second-order valence-corrected chi connectivity index (χ2v) is 6.21. The van der Waals surface area contributed by atoms with E-state index >= 15 is 0 Å². The Balaban J connectivity index is 1.95. The third kappa shape index (κ3) is 1.82. The van der Waals surface area contributed by atoms with E-state index in [1.165, 1.54) is 0 Å². The Morgan fingerprint density at radius 3 is 3.10 bits per heavy atom. The van der Waals surface area contributed by atoms with Gasteiger partial charge in [0.2, 0.25) is 11.8 Å². The first-order chi connectivity index (χ1) is 9.94. The van der Waals surface area contributed by atoms with Gasteiger partial charge in [0, 0.05) is 6.54 Å². The summed E-state index contributed by atoms with van der Waals surface area (Å²) in [5.41, 5.74) is 5.62. The van der Waals surface area contributed by atoms with Crippen LogP contribution in [-0.2, 0) is 0 Å². The highest BCUT2D eigenvalue weighted by Crippen LogP contribution is 2.40. The van der Waals surface area contributed by atoms with Crippen molar-refractivity contribution in [3.8, 4) is 5.88 Å². The van der Waals surface area contributed by atoms with Crippen molar-refractivity contribution in [2.24, 2.45) is 0 Å². The Kier molecular flexibility index (Phi) is 2.39. The molecule has 1 saturated heterocycles. The van der Waals surface area contributed by atoms with Gasteiger partial charge in [-0.15, -0.1) is 5.10 Å². The molecule has 2 aliphatic rings. The molecular formula is C13H18N6O2. The summed E-state index contributed by atoms with van der Waals surface area (Å²) in [7, 11) is 0. The van der Waals surface area contributed by atoms with Crippen molar-refractivity contribution in [1.29, 1.82) is 0 Å². The summed E-state index contributed by atoms with van der Waals surface area (Å²) in [6.45, 7) is 4.35. The van der Waals surface area contributed by atoms with Gasteiger partial charge in [-0.1, -0.05) is 0 Å². The Hall–Kier alpha value is -2.09. The average molecular weight is 290 g/mol. The summed E-state index contributed by atoms with van der Waals surface area (Å²) in [4.78, 5) is 10.6. The summed E-state index contributed by atoms with van der Waals surface area (Å²) in [5.74, 6) is 1.38. The van der Waals surface area contributed by atoms with Crippen molar-refractivity contribution in [1.82, 2.24) is 20.2 Å². The molecule has 0 aliphatic carbocycles. The molecular weight excluding hydrogens is 272 g/mol. The topological polar surface area (TPSA) is 113 Å². The third-order valence-corrected chi connectivity index (χ3v) is 4.39. The summed E-state index contributed by atoms with van der Waals surface area (Å²) in [6.07, 6.45) is 1.51. The molecule has 1 fully saturated rings. The number of nitrogen functional groups attached to an aromatic ring is 1. The number of aromatic amines is 1. The summed E-state index contributed by atoms with van der Waals surface area (Å²) in [6, 6.07) is 0.136. The van der Waals surface area contributed by atoms with Gasteiger partial charge in [0.05, 0.1) is 11.6 Å². The number of ether oxygens (including phenoxy) is 1. The minimum absolute atomic E-state index is 0.0528. The molecule has 2 aromatic rings. The van der Waals surface area contributed by atoms with Gasteiger partial charge in [-0.3, -0.25) is 5.10 Å². The first kappa shape index (κ1) is 12.6. The molecule has 4 rings (SSSR count). The zero-order chi connectivity index (χ0) is 14.8. The number of fused-ring (bicyclic) bond motifs is 2. The molecule has 21 heavy (non-hydrogen) atoms. The van der Waals surface area contributed by atoms with Gasteiger partial charge >= 0.3 is 0 Å². The minimum atomic E-state index is -0.753. The number of nitrogens with one attached hydrogen (secondary N) is 1. The predicted octanol–water partition coefficient (Wildman–Crippen LogP) is 0.436. The lowest BCUT2D eigenvalue weighted by atomic mass is 9.88. The number of aromatic nitrogens is 4. The molecule has 8 heteroatoms. The van der Waals surface area contributed by atoms with Crippen molar-refractivity contribution in [3.63, 3.8) is 0 Å². The average Bonchev–Trinajstić information content (AvgIpc) is 2.74. The predicted molar refractivity (Wildman–Crippen MR) is 77.2 cm³/mol. The fourth-order valence-corrected chi connectivity index (χ4v) is 3.35. The lowest BCUT2D eigenvalue weighted by Gasteiger charge is -2.44. The van der Waals surface area contributed by atoms with E-state index in [0.29, 0.717) is 23.9 Å². The highest BCUT2D eigenvalue weighted by atomic mass is 16.5. The van der Waals surface area contributed by atoms with Gasteiger partial charge < -0.3 is 20.5 Å². The van der Waals surface area contributed by atoms with E-state index in [-0.39, 0.29) is 18.1 Å². The van der Waals surface area contributed by atoms with Crippen molar-refractivity contribution < 1.29 is 9.84 Å². The summed E-state index contributed by atoms with van der Waals surface area (Å²) in [5, 5.41) is 18.2. The van der Waals surface area contributed by atoms with Crippen LogP contribution in [0.4, 0.5) is 11.8 Å². The van der Waals surface area contributed by atoms with Crippen LogP contribution in [0.5, 0.6) is 5.88 Å². The molecule has 8 nitrogen and oxygen atoms in total. The maximum atomic E-state index is 10.4. The van der Waals surface area contributed by atoms with E-state index < -0.39 is 5.60 Å². The van der Waals surface area contributed by atoms with Crippen LogP contribution in [0.15, 0.2) is 0 Å². The fourth-order valence-electron chi connectivity index (χ4n) is 3.35. The van der Waals surface area contributed by atoms with E-state index in [0.717, 1.165) is 18.2 Å². The monoisotopic (exact) mass is 290 g/mol. The van der Waals surface area contributed by atoms with E-state index in [4.69, 9.17) is 10.5 Å². The van der Waals surface area contributed by atoms with Gasteiger partial charge in [0.1, 0.15) is 17.3 Å². The largest absolute Gasteiger partial charge is 0.471 e. The number of rotatable bonds is 0. The van der Waals surface area contributed by atoms with Crippen LogP contribution >= 0.6 is 0 Å². The third-order valence-electron chi connectivity index (χ3n) is 4.39. The van der Waals surface area contributed by atoms with Crippen molar-refractivity contribution in [2.45, 2.75) is 44.4 Å². The molecule has 3 atom stereocenters. The molecule has 0 radical (unpaired) electrons. The quantitative estimate of drug-likeness (QED) is 0.645. The van der Waals surface area contributed by atoms with Crippen molar-refractivity contribution in [2.75, 3.05) is 17.2 Å². The summed E-state index contributed by atoms with van der Waals surface area (Å²) >= 11 is 0. The molecule has 0 amide bonds. The first-order valence-electron chi connectivity index (χ1n) is 7.12. The molecule has 4 heterocycles. The number of hydrogen-bond acceptors (Lipinski definition) is 7. The second-order valence-electron chi connectivity index (χ2n) is 6.21. The Labute approximate surface area is 121 Å². The van der Waals surface area contributed by atoms with Crippen LogP contribution < -0.4 is 15.4 Å². The SMILES string of the molecule is C[C@@H]1Oc2n[nH]c3nc(N)nc(c23)N2C[C@@](C)(O)CC[C@H]12. The minimum Gasteiger partial charge on any atom is -0.471 e.